The molecule has 0 aliphatic heterocycles. The second-order valence-corrected chi connectivity index (χ2v) is 4.69. The van der Waals surface area contributed by atoms with Gasteiger partial charge in [0.15, 0.2) is 0 Å². The SMILES string of the molecule is CC(C)(Br)CCCO. The summed E-state index contributed by atoms with van der Waals surface area (Å²) in [6, 6.07) is 0. The molecule has 1 nitrogen and oxygen atoms in total. The van der Waals surface area contributed by atoms with E-state index in [1.54, 1.807) is 0 Å². The lowest BCUT2D eigenvalue weighted by molar-refractivity contribution is 0.280. The van der Waals surface area contributed by atoms with Crippen molar-refractivity contribution in [3.05, 3.63) is 0 Å². The van der Waals surface area contributed by atoms with Gasteiger partial charge in [-0.3, -0.25) is 0 Å². The largest absolute Gasteiger partial charge is 0.396 e. The van der Waals surface area contributed by atoms with Gasteiger partial charge in [-0.05, 0) is 12.8 Å². The summed E-state index contributed by atoms with van der Waals surface area (Å²) in [5.74, 6) is 0. The normalized spacial score (nSPS) is 12.0. The van der Waals surface area contributed by atoms with E-state index in [9.17, 15) is 0 Å². The molecular weight excluding hydrogens is 168 g/mol. The highest BCUT2D eigenvalue weighted by Crippen LogP contribution is 2.21. The Morgan fingerprint density at radius 2 is 2.00 bits per heavy atom. The molecule has 0 heterocycles. The standard InChI is InChI=1S/C6H13BrO/c1-6(2,7)4-3-5-8/h8H,3-5H2,1-2H3. The van der Waals surface area contributed by atoms with E-state index in [1.165, 1.54) is 0 Å². The Balaban J connectivity index is 3.11. The maximum Gasteiger partial charge on any atom is 0.0431 e. The fraction of sp³-hybridized carbons (Fsp3) is 1.00. The van der Waals surface area contributed by atoms with Gasteiger partial charge in [0.1, 0.15) is 0 Å². The molecule has 0 aromatic carbocycles. The predicted octanol–water partition coefficient (Wildman–Crippen LogP) is 1.93. The molecule has 0 bridgehead atoms. The van der Waals surface area contributed by atoms with Crippen LogP contribution in [0.2, 0.25) is 0 Å². The molecule has 0 aliphatic rings. The molecule has 0 amide bonds. The lowest BCUT2D eigenvalue weighted by Gasteiger charge is -2.13. The summed E-state index contributed by atoms with van der Waals surface area (Å²) in [7, 11) is 0. The van der Waals surface area contributed by atoms with Gasteiger partial charge in [0, 0.05) is 10.9 Å². The summed E-state index contributed by atoms with van der Waals surface area (Å²) in [6.45, 7) is 4.50. The van der Waals surface area contributed by atoms with Gasteiger partial charge >= 0.3 is 0 Å². The van der Waals surface area contributed by atoms with Crippen LogP contribution in [0.25, 0.3) is 0 Å². The molecule has 0 atom stereocenters. The molecule has 2 heteroatoms. The number of rotatable bonds is 3. The Bertz CT molecular complexity index is 56.0. The minimum Gasteiger partial charge on any atom is -0.396 e. The quantitative estimate of drug-likeness (QED) is 0.659. The Labute approximate surface area is 59.2 Å². The third-order valence-corrected chi connectivity index (χ3v) is 1.33. The molecule has 0 aromatic rings. The third kappa shape index (κ3) is 6.44. The first-order chi connectivity index (χ1) is 3.56. The van der Waals surface area contributed by atoms with Crippen LogP contribution in [0.15, 0.2) is 0 Å². The number of alkyl halides is 1. The number of aliphatic hydroxyl groups is 1. The zero-order chi connectivity index (χ0) is 6.62. The van der Waals surface area contributed by atoms with Crippen molar-refractivity contribution in [3.63, 3.8) is 0 Å². The van der Waals surface area contributed by atoms with Gasteiger partial charge in [-0.25, -0.2) is 0 Å². The highest BCUT2D eigenvalue weighted by atomic mass is 79.9. The summed E-state index contributed by atoms with van der Waals surface area (Å²) < 4.78 is 0.204. The minimum absolute atomic E-state index is 0.204. The van der Waals surface area contributed by atoms with Gasteiger partial charge < -0.3 is 5.11 Å². The van der Waals surface area contributed by atoms with E-state index in [1.807, 2.05) is 0 Å². The molecule has 0 radical (unpaired) electrons. The van der Waals surface area contributed by atoms with Crippen LogP contribution in [0.1, 0.15) is 26.7 Å². The molecule has 0 rings (SSSR count). The Hall–Kier alpha value is 0.440. The molecule has 0 saturated heterocycles. The van der Waals surface area contributed by atoms with Crippen LogP contribution in [-0.4, -0.2) is 16.0 Å². The van der Waals surface area contributed by atoms with Gasteiger partial charge in [0.2, 0.25) is 0 Å². The number of halogens is 1. The van der Waals surface area contributed by atoms with Crippen molar-refractivity contribution < 1.29 is 5.11 Å². The molecule has 8 heavy (non-hydrogen) atoms. The van der Waals surface area contributed by atoms with Crippen LogP contribution in [0, 0.1) is 0 Å². The molecule has 0 fully saturated rings. The lowest BCUT2D eigenvalue weighted by Crippen LogP contribution is -2.09. The van der Waals surface area contributed by atoms with E-state index in [2.05, 4.69) is 29.8 Å². The van der Waals surface area contributed by atoms with Crippen LogP contribution in [-0.2, 0) is 0 Å². The van der Waals surface area contributed by atoms with Gasteiger partial charge in [0.25, 0.3) is 0 Å². The van der Waals surface area contributed by atoms with Crippen molar-refractivity contribution in [1.82, 2.24) is 0 Å². The van der Waals surface area contributed by atoms with Crippen LogP contribution >= 0.6 is 15.9 Å². The monoisotopic (exact) mass is 180 g/mol. The Morgan fingerprint density at radius 1 is 1.50 bits per heavy atom. The van der Waals surface area contributed by atoms with Gasteiger partial charge in [-0.2, -0.15) is 0 Å². The van der Waals surface area contributed by atoms with Gasteiger partial charge in [0.05, 0.1) is 0 Å². The maximum atomic E-state index is 8.41. The van der Waals surface area contributed by atoms with Crippen LogP contribution < -0.4 is 0 Å². The summed E-state index contributed by atoms with van der Waals surface area (Å²) in [5.41, 5.74) is 0. The Kier molecular flexibility index (Phi) is 3.65. The number of hydrogen-bond donors (Lipinski definition) is 1. The first-order valence-electron chi connectivity index (χ1n) is 2.86. The third-order valence-electron chi connectivity index (χ3n) is 0.929. The van der Waals surface area contributed by atoms with E-state index < -0.39 is 0 Å². The predicted molar refractivity (Wildman–Crippen MR) is 39.3 cm³/mol. The summed E-state index contributed by atoms with van der Waals surface area (Å²) >= 11 is 3.47. The average molecular weight is 181 g/mol. The van der Waals surface area contributed by atoms with E-state index in [4.69, 9.17) is 5.11 Å². The minimum atomic E-state index is 0.204. The average Bonchev–Trinajstić information content (AvgIpc) is 1.59. The first kappa shape index (κ1) is 8.44. The molecule has 0 spiro atoms. The van der Waals surface area contributed by atoms with Crippen molar-refractivity contribution >= 4 is 15.9 Å². The van der Waals surface area contributed by atoms with Crippen LogP contribution in [0.4, 0.5) is 0 Å². The smallest absolute Gasteiger partial charge is 0.0431 e. The molecular formula is C6H13BrO. The molecule has 0 aromatic heterocycles. The zero-order valence-corrected chi connectivity index (χ0v) is 7.03. The van der Waals surface area contributed by atoms with E-state index in [0.29, 0.717) is 6.61 Å². The molecule has 0 unspecified atom stereocenters. The summed E-state index contributed by atoms with van der Waals surface area (Å²) in [6.07, 6.45) is 1.92. The fourth-order valence-electron chi connectivity index (χ4n) is 0.499. The highest BCUT2D eigenvalue weighted by Gasteiger charge is 2.10. The number of hydrogen-bond acceptors (Lipinski definition) is 1. The fourth-order valence-corrected chi connectivity index (χ4v) is 0.780. The van der Waals surface area contributed by atoms with Crippen molar-refractivity contribution in [1.29, 1.82) is 0 Å². The second-order valence-electron chi connectivity index (χ2n) is 2.55. The second kappa shape index (κ2) is 3.46. The van der Waals surface area contributed by atoms with E-state index in [0.717, 1.165) is 12.8 Å². The van der Waals surface area contributed by atoms with Crippen molar-refractivity contribution in [2.75, 3.05) is 6.61 Å². The van der Waals surface area contributed by atoms with E-state index in [-0.39, 0.29) is 4.32 Å². The molecule has 50 valence electrons. The summed E-state index contributed by atoms with van der Waals surface area (Å²) in [5, 5.41) is 8.41. The lowest BCUT2D eigenvalue weighted by atomic mass is 10.1. The maximum absolute atomic E-state index is 8.41. The van der Waals surface area contributed by atoms with Crippen molar-refractivity contribution in [2.24, 2.45) is 0 Å². The molecule has 1 N–H and O–H groups in total. The van der Waals surface area contributed by atoms with Crippen molar-refractivity contribution in [2.45, 2.75) is 31.0 Å². The highest BCUT2D eigenvalue weighted by molar-refractivity contribution is 9.10. The molecule has 0 aliphatic carbocycles. The Morgan fingerprint density at radius 3 is 2.12 bits per heavy atom. The van der Waals surface area contributed by atoms with Gasteiger partial charge in [-0.1, -0.05) is 29.8 Å². The van der Waals surface area contributed by atoms with Crippen LogP contribution in [0.5, 0.6) is 0 Å². The van der Waals surface area contributed by atoms with E-state index >= 15 is 0 Å². The van der Waals surface area contributed by atoms with Crippen LogP contribution in [0.3, 0.4) is 0 Å². The first-order valence-corrected chi connectivity index (χ1v) is 3.65. The van der Waals surface area contributed by atoms with Gasteiger partial charge in [-0.15, -0.1) is 0 Å². The molecule has 0 saturated carbocycles. The number of aliphatic hydroxyl groups excluding tert-OH is 1. The zero-order valence-electron chi connectivity index (χ0n) is 5.45. The summed E-state index contributed by atoms with van der Waals surface area (Å²) in [4.78, 5) is 0. The topological polar surface area (TPSA) is 20.2 Å². The van der Waals surface area contributed by atoms with Crippen molar-refractivity contribution in [3.8, 4) is 0 Å².